The summed E-state index contributed by atoms with van der Waals surface area (Å²) in [7, 11) is -3.68. The van der Waals surface area contributed by atoms with Crippen LogP contribution in [0, 0.1) is 0 Å². The highest BCUT2D eigenvalue weighted by Crippen LogP contribution is 2.18. The molecule has 1 aromatic rings. The van der Waals surface area contributed by atoms with Gasteiger partial charge in [-0.15, -0.1) is 0 Å². The molecule has 2 aliphatic rings. The van der Waals surface area contributed by atoms with Crippen LogP contribution in [0.2, 0.25) is 5.02 Å². The van der Waals surface area contributed by atoms with Crippen molar-refractivity contribution in [3.63, 3.8) is 0 Å². The maximum Gasteiger partial charge on any atom is 0.245 e. The highest BCUT2D eigenvalue weighted by atomic mass is 35.5. The Morgan fingerprint density at radius 3 is 2.72 bits per heavy atom. The molecule has 2 aliphatic heterocycles. The van der Waals surface area contributed by atoms with Crippen LogP contribution in [0.25, 0.3) is 0 Å². The number of sulfonamides is 1. The van der Waals surface area contributed by atoms with Crippen LogP contribution < -0.4 is 4.72 Å². The number of aryl methyl sites for hydroxylation is 1. The average molecular weight is 445 g/mol. The molecule has 29 heavy (non-hydrogen) atoms. The van der Waals surface area contributed by atoms with Crippen LogP contribution in [-0.4, -0.2) is 85.7 Å². The lowest BCUT2D eigenvalue weighted by Crippen LogP contribution is -2.52. The molecule has 1 N–H and O–H groups in total. The fourth-order valence-electron chi connectivity index (χ4n) is 3.45. The van der Waals surface area contributed by atoms with E-state index >= 15 is 0 Å². The Hall–Kier alpha value is -1.75. The second kappa shape index (κ2) is 9.38. The molecule has 0 radical (unpaired) electrons. The zero-order chi connectivity index (χ0) is 21.0. The molecule has 11 heteroatoms. The number of morpholine rings is 1. The normalized spacial score (nSPS) is 21.4. The van der Waals surface area contributed by atoms with Crippen molar-refractivity contribution in [1.82, 2.24) is 19.5 Å². The summed E-state index contributed by atoms with van der Waals surface area (Å²) < 4.78 is 32.5. The Balaban J connectivity index is 1.54. The third-order valence-electron chi connectivity index (χ3n) is 5.12. The number of hydrogen-bond donors (Lipinski definition) is 1. The van der Waals surface area contributed by atoms with Gasteiger partial charge in [0.25, 0.3) is 0 Å². The summed E-state index contributed by atoms with van der Waals surface area (Å²) in [5, 5.41) is 0.479. The number of aromatic nitrogens is 1. The number of amides is 2. The van der Waals surface area contributed by atoms with Crippen molar-refractivity contribution in [2.45, 2.75) is 31.8 Å². The van der Waals surface area contributed by atoms with Crippen LogP contribution >= 0.6 is 11.6 Å². The molecule has 160 valence electrons. The summed E-state index contributed by atoms with van der Waals surface area (Å²) in [4.78, 5) is 32.5. The Bertz CT molecular complexity index is 842. The smallest absolute Gasteiger partial charge is 0.245 e. The number of nitrogens with zero attached hydrogens (tertiary/aromatic N) is 3. The minimum atomic E-state index is -3.68. The summed E-state index contributed by atoms with van der Waals surface area (Å²) in [6.45, 7) is 3.98. The number of hydrogen-bond acceptors (Lipinski definition) is 6. The number of pyridine rings is 1. The number of carbonyl (C=O) groups excluding carboxylic acids is 2. The third-order valence-corrected chi connectivity index (χ3v) is 6.73. The first-order valence-corrected chi connectivity index (χ1v) is 11.6. The molecule has 9 nitrogen and oxygen atoms in total. The second-order valence-corrected chi connectivity index (χ2v) is 9.45. The van der Waals surface area contributed by atoms with E-state index in [0.717, 1.165) is 0 Å². The monoisotopic (exact) mass is 444 g/mol. The highest BCUT2D eigenvalue weighted by molar-refractivity contribution is 7.89. The van der Waals surface area contributed by atoms with Gasteiger partial charge in [0.1, 0.15) is 12.1 Å². The van der Waals surface area contributed by atoms with Crippen molar-refractivity contribution in [2.75, 3.05) is 38.6 Å². The Morgan fingerprint density at radius 1 is 1.34 bits per heavy atom. The largest absolute Gasteiger partial charge is 0.378 e. The molecule has 2 atom stereocenters. The number of likely N-dealkylation sites (tertiary alicyclic amines) is 1. The maximum atomic E-state index is 12.7. The SMILES string of the molecule is C[C@@H](C(=O)N1CCOCC1)N1CC[C@H](NS(=O)(=O)CCc2ccc(Cl)cn2)C1=O. The Kier molecular flexibility index (Phi) is 7.10. The molecule has 2 amide bonds. The van der Waals surface area contributed by atoms with E-state index in [4.69, 9.17) is 16.3 Å². The van der Waals surface area contributed by atoms with Gasteiger partial charge in [-0.25, -0.2) is 13.1 Å². The fraction of sp³-hybridized carbons (Fsp3) is 0.611. The number of rotatable bonds is 7. The van der Waals surface area contributed by atoms with Gasteiger partial charge in [-0.2, -0.15) is 0 Å². The summed E-state index contributed by atoms with van der Waals surface area (Å²) in [6.07, 6.45) is 2.00. The van der Waals surface area contributed by atoms with Crippen LogP contribution in [0.5, 0.6) is 0 Å². The van der Waals surface area contributed by atoms with E-state index in [2.05, 4.69) is 9.71 Å². The molecular formula is C18H25ClN4O5S. The molecule has 2 fully saturated rings. The Labute approximate surface area is 175 Å². The maximum absolute atomic E-state index is 12.7. The van der Waals surface area contributed by atoms with Gasteiger partial charge < -0.3 is 14.5 Å². The van der Waals surface area contributed by atoms with Gasteiger partial charge in [0.15, 0.2) is 0 Å². The molecule has 0 saturated carbocycles. The molecule has 2 saturated heterocycles. The van der Waals surface area contributed by atoms with Gasteiger partial charge in [-0.1, -0.05) is 11.6 Å². The first kappa shape index (κ1) is 21.9. The van der Waals surface area contributed by atoms with E-state index in [1.165, 1.54) is 11.1 Å². The molecule has 0 spiro atoms. The van der Waals surface area contributed by atoms with E-state index in [1.54, 1.807) is 24.0 Å². The quantitative estimate of drug-likeness (QED) is 0.636. The van der Waals surface area contributed by atoms with Gasteiger partial charge in [-0.05, 0) is 25.5 Å². The lowest BCUT2D eigenvalue weighted by atomic mass is 10.2. The molecule has 0 bridgehead atoms. The van der Waals surface area contributed by atoms with Crippen molar-refractivity contribution in [1.29, 1.82) is 0 Å². The average Bonchev–Trinajstić information content (AvgIpc) is 3.06. The number of nitrogens with one attached hydrogen (secondary N) is 1. The second-order valence-electron chi connectivity index (χ2n) is 7.14. The number of halogens is 1. The van der Waals surface area contributed by atoms with E-state index in [9.17, 15) is 18.0 Å². The van der Waals surface area contributed by atoms with Crippen LogP contribution in [0.15, 0.2) is 18.3 Å². The predicted octanol–water partition coefficient (Wildman–Crippen LogP) is 0.0451. The van der Waals surface area contributed by atoms with E-state index in [0.29, 0.717) is 50.0 Å². The summed E-state index contributed by atoms with van der Waals surface area (Å²) in [5.74, 6) is -0.695. The lowest BCUT2D eigenvalue weighted by Gasteiger charge is -2.32. The number of carbonyl (C=O) groups is 2. The van der Waals surface area contributed by atoms with E-state index in [1.807, 2.05) is 0 Å². The molecule has 1 aromatic heterocycles. The predicted molar refractivity (Wildman–Crippen MR) is 107 cm³/mol. The number of ether oxygens (including phenoxy) is 1. The van der Waals surface area contributed by atoms with Crippen molar-refractivity contribution < 1.29 is 22.7 Å². The van der Waals surface area contributed by atoms with Gasteiger partial charge in [-0.3, -0.25) is 14.6 Å². The lowest BCUT2D eigenvalue weighted by molar-refractivity contribution is -0.146. The van der Waals surface area contributed by atoms with Crippen LogP contribution in [0.3, 0.4) is 0 Å². The van der Waals surface area contributed by atoms with Crippen LogP contribution in [0.4, 0.5) is 0 Å². The molecule has 0 aromatic carbocycles. The zero-order valence-corrected chi connectivity index (χ0v) is 17.8. The van der Waals surface area contributed by atoms with Crippen molar-refractivity contribution in [2.24, 2.45) is 0 Å². The molecule has 0 unspecified atom stereocenters. The van der Waals surface area contributed by atoms with Gasteiger partial charge >= 0.3 is 0 Å². The fourth-order valence-corrected chi connectivity index (χ4v) is 4.81. The first-order chi connectivity index (χ1) is 13.8. The van der Waals surface area contributed by atoms with E-state index < -0.39 is 22.1 Å². The molecule has 3 rings (SSSR count). The van der Waals surface area contributed by atoms with Crippen LogP contribution in [-0.2, 0) is 30.8 Å². The first-order valence-electron chi connectivity index (χ1n) is 9.54. The topological polar surface area (TPSA) is 109 Å². The van der Waals surface area contributed by atoms with E-state index in [-0.39, 0.29) is 24.0 Å². The van der Waals surface area contributed by atoms with Gasteiger partial charge in [0.05, 0.1) is 24.0 Å². The van der Waals surface area contributed by atoms with Crippen molar-refractivity contribution in [3.8, 4) is 0 Å². The summed E-state index contributed by atoms with van der Waals surface area (Å²) in [6, 6.07) is 1.83. The molecular weight excluding hydrogens is 420 g/mol. The highest BCUT2D eigenvalue weighted by Gasteiger charge is 2.39. The Morgan fingerprint density at radius 2 is 2.07 bits per heavy atom. The van der Waals surface area contributed by atoms with Crippen molar-refractivity contribution in [3.05, 3.63) is 29.0 Å². The minimum absolute atomic E-state index is 0.140. The minimum Gasteiger partial charge on any atom is -0.378 e. The van der Waals surface area contributed by atoms with Gasteiger partial charge in [0, 0.05) is 37.9 Å². The van der Waals surface area contributed by atoms with Crippen molar-refractivity contribution >= 4 is 33.4 Å². The zero-order valence-electron chi connectivity index (χ0n) is 16.2. The van der Waals surface area contributed by atoms with Crippen LogP contribution in [0.1, 0.15) is 19.0 Å². The summed E-state index contributed by atoms with van der Waals surface area (Å²) in [5.41, 5.74) is 0.601. The molecule has 3 heterocycles. The van der Waals surface area contributed by atoms with Gasteiger partial charge in [0.2, 0.25) is 21.8 Å². The standard InChI is InChI=1S/C18H25ClN4O5S/c1-13(17(24)22-7-9-28-10-8-22)23-6-4-16(18(23)25)21-29(26,27)11-5-15-3-2-14(19)12-20-15/h2-3,12-13,16,21H,4-11H2,1H3/t13-,16-/m0/s1. The molecule has 0 aliphatic carbocycles. The summed E-state index contributed by atoms with van der Waals surface area (Å²) >= 11 is 5.77. The third kappa shape index (κ3) is 5.65.